The van der Waals surface area contributed by atoms with E-state index in [1.807, 2.05) is 0 Å². The molecule has 2 radical (unpaired) electrons. The van der Waals surface area contributed by atoms with E-state index in [4.69, 9.17) is 7.85 Å². The third-order valence-corrected chi connectivity index (χ3v) is 5.44. The molecule has 0 saturated heterocycles. The van der Waals surface area contributed by atoms with E-state index in [0.717, 1.165) is 17.3 Å². The molecule has 0 aromatic heterocycles. The van der Waals surface area contributed by atoms with Crippen LogP contribution in [0.1, 0.15) is 55.2 Å². The van der Waals surface area contributed by atoms with Gasteiger partial charge in [-0.2, -0.15) is 0 Å². The second kappa shape index (κ2) is 6.32. The Morgan fingerprint density at radius 2 is 1.50 bits per heavy atom. The van der Waals surface area contributed by atoms with E-state index >= 15 is 0 Å². The standard InChI is InChI=1S/C21H25B/c1-14-4-6-17(7-5-14)18-8-10-19(11-9-18)20-12-15(2)16(3)21(22)13-20/h8-14,17H,4-7H2,1-3H3. The maximum absolute atomic E-state index is 6.12. The fraction of sp³-hybridized carbons (Fsp3) is 0.429. The van der Waals surface area contributed by atoms with E-state index in [9.17, 15) is 0 Å². The number of rotatable bonds is 2. The number of hydrogen-bond donors (Lipinski definition) is 0. The number of aryl methyl sites for hydroxylation is 1. The first-order chi connectivity index (χ1) is 10.5. The fourth-order valence-corrected chi connectivity index (χ4v) is 3.59. The minimum absolute atomic E-state index is 0.759. The van der Waals surface area contributed by atoms with Crippen molar-refractivity contribution in [3.63, 3.8) is 0 Å². The van der Waals surface area contributed by atoms with Gasteiger partial charge in [-0.3, -0.25) is 0 Å². The lowest BCUT2D eigenvalue weighted by molar-refractivity contribution is 0.348. The second-order valence-electron chi connectivity index (χ2n) is 7.09. The van der Waals surface area contributed by atoms with Crippen LogP contribution in [0.2, 0.25) is 0 Å². The molecule has 0 N–H and O–H groups in total. The minimum atomic E-state index is 0.759. The molecule has 0 aliphatic heterocycles. The maximum atomic E-state index is 6.12. The summed E-state index contributed by atoms with van der Waals surface area (Å²) in [6, 6.07) is 13.5. The van der Waals surface area contributed by atoms with Gasteiger partial charge < -0.3 is 0 Å². The van der Waals surface area contributed by atoms with Gasteiger partial charge in [0.15, 0.2) is 0 Å². The fourth-order valence-electron chi connectivity index (χ4n) is 3.59. The van der Waals surface area contributed by atoms with Crippen LogP contribution in [0.3, 0.4) is 0 Å². The van der Waals surface area contributed by atoms with Gasteiger partial charge in [-0.05, 0) is 60.8 Å². The number of benzene rings is 2. The van der Waals surface area contributed by atoms with Crippen LogP contribution in [0.5, 0.6) is 0 Å². The zero-order valence-corrected chi connectivity index (χ0v) is 14.0. The van der Waals surface area contributed by atoms with Gasteiger partial charge in [-0.1, -0.05) is 67.2 Å². The van der Waals surface area contributed by atoms with Gasteiger partial charge in [-0.25, -0.2) is 0 Å². The normalized spacial score (nSPS) is 21.8. The molecule has 0 amide bonds. The lowest BCUT2D eigenvalue weighted by Crippen LogP contribution is -2.11. The van der Waals surface area contributed by atoms with Crippen LogP contribution in [0.15, 0.2) is 36.4 Å². The molecule has 0 spiro atoms. The van der Waals surface area contributed by atoms with Crippen molar-refractivity contribution in [2.45, 2.75) is 52.4 Å². The van der Waals surface area contributed by atoms with Gasteiger partial charge in [-0.15, -0.1) is 0 Å². The van der Waals surface area contributed by atoms with E-state index in [1.54, 1.807) is 0 Å². The van der Waals surface area contributed by atoms with Crippen LogP contribution in [0, 0.1) is 19.8 Å². The van der Waals surface area contributed by atoms with Gasteiger partial charge in [0.25, 0.3) is 0 Å². The Labute approximate surface area is 136 Å². The molecule has 1 aliphatic rings. The van der Waals surface area contributed by atoms with Crippen LogP contribution in [0.25, 0.3) is 11.1 Å². The Hall–Kier alpha value is -1.50. The Morgan fingerprint density at radius 3 is 2.09 bits per heavy atom. The third-order valence-electron chi connectivity index (χ3n) is 5.44. The quantitative estimate of drug-likeness (QED) is 0.678. The van der Waals surface area contributed by atoms with Crippen LogP contribution in [0.4, 0.5) is 0 Å². The Bertz CT molecular complexity index is 623. The summed E-state index contributed by atoms with van der Waals surface area (Å²) in [4.78, 5) is 0. The van der Waals surface area contributed by atoms with Crippen molar-refractivity contribution in [2.75, 3.05) is 0 Å². The molecule has 2 aromatic carbocycles. The molecule has 1 aliphatic carbocycles. The van der Waals surface area contributed by atoms with Gasteiger partial charge >= 0.3 is 0 Å². The Morgan fingerprint density at radius 1 is 0.864 bits per heavy atom. The molecule has 3 rings (SSSR count). The van der Waals surface area contributed by atoms with Crippen molar-refractivity contribution in [2.24, 2.45) is 5.92 Å². The lowest BCUT2D eigenvalue weighted by Gasteiger charge is -2.26. The monoisotopic (exact) mass is 288 g/mol. The summed E-state index contributed by atoms with van der Waals surface area (Å²) in [5.41, 5.74) is 7.34. The highest BCUT2D eigenvalue weighted by atomic mass is 14.2. The van der Waals surface area contributed by atoms with Crippen molar-refractivity contribution >= 4 is 13.3 Å². The van der Waals surface area contributed by atoms with E-state index in [0.29, 0.717) is 0 Å². The van der Waals surface area contributed by atoms with Gasteiger partial charge in [0.05, 0.1) is 0 Å². The molecule has 22 heavy (non-hydrogen) atoms. The predicted octanol–water partition coefficient (Wildman–Crippen LogP) is 5.06. The average molecular weight is 288 g/mol. The molecule has 2 aromatic rings. The van der Waals surface area contributed by atoms with E-state index < -0.39 is 0 Å². The SMILES string of the molecule is [B]c1cc(-c2ccc(C3CCC(C)CC3)cc2)cc(C)c1C. The average Bonchev–Trinajstić information content (AvgIpc) is 2.53. The minimum Gasteiger partial charge on any atom is -0.0929 e. The summed E-state index contributed by atoms with van der Waals surface area (Å²) < 4.78 is 0. The highest BCUT2D eigenvalue weighted by Crippen LogP contribution is 2.36. The first-order valence-electron chi connectivity index (χ1n) is 8.51. The van der Waals surface area contributed by atoms with Gasteiger partial charge in [0.2, 0.25) is 0 Å². The van der Waals surface area contributed by atoms with Crippen LogP contribution in [-0.2, 0) is 0 Å². The van der Waals surface area contributed by atoms with Crippen molar-refractivity contribution in [1.82, 2.24) is 0 Å². The summed E-state index contributed by atoms with van der Waals surface area (Å²) in [6.07, 6.45) is 5.44. The smallest absolute Gasteiger partial charge is 0.0929 e. The van der Waals surface area contributed by atoms with Crippen LogP contribution < -0.4 is 5.46 Å². The largest absolute Gasteiger partial charge is 0.114 e. The second-order valence-corrected chi connectivity index (χ2v) is 7.09. The highest BCUT2D eigenvalue weighted by Gasteiger charge is 2.19. The van der Waals surface area contributed by atoms with E-state index in [1.165, 1.54) is 53.5 Å². The molecule has 1 saturated carbocycles. The number of hydrogen-bond acceptors (Lipinski definition) is 0. The molecule has 112 valence electrons. The Kier molecular flexibility index (Phi) is 4.43. The molecule has 0 unspecified atom stereocenters. The molecule has 1 fully saturated rings. The zero-order chi connectivity index (χ0) is 15.7. The third kappa shape index (κ3) is 3.14. The van der Waals surface area contributed by atoms with Crippen molar-refractivity contribution in [3.05, 3.63) is 53.1 Å². The van der Waals surface area contributed by atoms with Crippen LogP contribution >= 0.6 is 0 Å². The Balaban J connectivity index is 1.82. The van der Waals surface area contributed by atoms with Gasteiger partial charge in [0, 0.05) is 0 Å². The molecule has 0 atom stereocenters. The zero-order valence-electron chi connectivity index (χ0n) is 14.0. The molecule has 0 bridgehead atoms. The highest BCUT2D eigenvalue weighted by molar-refractivity contribution is 6.33. The first kappa shape index (κ1) is 15.4. The van der Waals surface area contributed by atoms with E-state index in [2.05, 4.69) is 57.2 Å². The summed E-state index contributed by atoms with van der Waals surface area (Å²) in [5, 5.41) is 0. The summed E-state index contributed by atoms with van der Waals surface area (Å²) in [5.74, 6) is 1.67. The molecule has 0 nitrogen and oxygen atoms in total. The van der Waals surface area contributed by atoms with Crippen molar-refractivity contribution < 1.29 is 0 Å². The lowest BCUT2D eigenvalue weighted by atomic mass is 9.79. The summed E-state index contributed by atoms with van der Waals surface area (Å²) >= 11 is 0. The van der Waals surface area contributed by atoms with Crippen molar-refractivity contribution in [1.29, 1.82) is 0 Å². The molecular weight excluding hydrogens is 263 g/mol. The van der Waals surface area contributed by atoms with Gasteiger partial charge in [0.1, 0.15) is 7.85 Å². The molecule has 0 heterocycles. The topological polar surface area (TPSA) is 0 Å². The molecular formula is C21H25B. The van der Waals surface area contributed by atoms with E-state index in [-0.39, 0.29) is 0 Å². The first-order valence-corrected chi connectivity index (χ1v) is 8.51. The van der Waals surface area contributed by atoms with Crippen molar-refractivity contribution in [3.8, 4) is 11.1 Å². The molecule has 1 heteroatoms. The summed E-state index contributed by atoms with van der Waals surface area (Å²) in [7, 11) is 6.12. The summed E-state index contributed by atoms with van der Waals surface area (Å²) in [6.45, 7) is 6.60. The van der Waals surface area contributed by atoms with Crippen LogP contribution in [-0.4, -0.2) is 7.85 Å². The maximum Gasteiger partial charge on any atom is 0.114 e. The predicted molar refractivity (Wildman–Crippen MR) is 97.1 cm³/mol.